The van der Waals surface area contributed by atoms with Crippen molar-refractivity contribution in [2.75, 3.05) is 39.8 Å². The first-order valence-electron chi connectivity index (χ1n) is 8.41. The summed E-state index contributed by atoms with van der Waals surface area (Å²) in [5, 5.41) is 3.21. The molecule has 5 nitrogen and oxygen atoms in total. The monoisotopic (exact) mass is 331 g/mol. The van der Waals surface area contributed by atoms with Crippen LogP contribution in [-0.4, -0.2) is 61.4 Å². The summed E-state index contributed by atoms with van der Waals surface area (Å²) in [7, 11) is 1.98. The van der Waals surface area contributed by atoms with Crippen molar-refractivity contribution in [3.05, 3.63) is 0 Å². The molecule has 0 spiro atoms. The van der Waals surface area contributed by atoms with Gasteiger partial charge < -0.3 is 15.1 Å². The van der Waals surface area contributed by atoms with E-state index in [4.69, 9.17) is 0 Å². The van der Waals surface area contributed by atoms with E-state index < -0.39 is 0 Å². The largest absolute Gasteiger partial charge is 0.341 e. The van der Waals surface area contributed by atoms with Gasteiger partial charge in [-0.05, 0) is 45.2 Å². The van der Waals surface area contributed by atoms with E-state index in [9.17, 15) is 9.59 Å². The van der Waals surface area contributed by atoms with E-state index in [1.807, 2.05) is 11.9 Å². The first-order chi connectivity index (χ1) is 10.2. The Bertz CT molecular complexity index is 357. The average Bonchev–Trinajstić information content (AvgIpc) is 2.48. The topological polar surface area (TPSA) is 52.7 Å². The number of nitrogens with zero attached hydrogens (tertiary/aromatic N) is 2. The number of piperidine rings is 1. The number of rotatable bonds is 4. The quantitative estimate of drug-likeness (QED) is 0.852. The average molecular weight is 332 g/mol. The van der Waals surface area contributed by atoms with Gasteiger partial charge in [0.15, 0.2) is 0 Å². The second kappa shape index (κ2) is 10.1. The van der Waals surface area contributed by atoms with Crippen LogP contribution < -0.4 is 5.32 Å². The lowest BCUT2D eigenvalue weighted by atomic mass is 9.97. The third kappa shape index (κ3) is 5.76. The second-order valence-corrected chi connectivity index (χ2v) is 6.36. The van der Waals surface area contributed by atoms with E-state index in [0.717, 1.165) is 58.3 Å². The van der Waals surface area contributed by atoms with Crippen molar-refractivity contribution in [2.45, 2.75) is 44.9 Å². The van der Waals surface area contributed by atoms with Gasteiger partial charge in [-0.2, -0.15) is 0 Å². The third-order valence-corrected chi connectivity index (χ3v) is 4.71. The molecule has 2 amide bonds. The number of likely N-dealkylation sites (tertiary alicyclic amines) is 2. The summed E-state index contributed by atoms with van der Waals surface area (Å²) in [4.78, 5) is 28.2. The number of amides is 2. The fourth-order valence-electron chi connectivity index (χ4n) is 3.32. The summed E-state index contributed by atoms with van der Waals surface area (Å²) in [6.45, 7) is 3.75. The van der Waals surface area contributed by atoms with Gasteiger partial charge in [0.1, 0.15) is 0 Å². The number of carbonyl (C=O) groups is 2. The van der Waals surface area contributed by atoms with Gasteiger partial charge in [-0.25, -0.2) is 0 Å². The van der Waals surface area contributed by atoms with Crippen molar-refractivity contribution in [3.63, 3.8) is 0 Å². The molecule has 0 unspecified atom stereocenters. The van der Waals surface area contributed by atoms with Crippen molar-refractivity contribution in [1.29, 1.82) is 0 Å². The number of halogens is 1. The Kier molecular flexibility index (Phi) is 8.79. The molecular weight excluding hydrogens is 302 g/mol. The lowest BCUT2D eigenvalue weighted by Crippen LogP contribution is -2.47. The minimum absolute atomic E-state index is 0. The molecule has 128 valence electrons. The molecule has 2 aliphatic rings. The second-order valence-electron chi connectivity index (χ2n) is 6.36. The molecule has 0 saturated carbocycles. The fraction of sp³-hybridized carbons (Fsp3) is 0.875. The van der Waals surface area contributed by atoms with Crippen molar-refractivity contribution in [2.24, 2.45) is 5.92 Å². The van der Waals surface area contributed by atoms with E-state index in [1.165, 1.54) is 6.42 Å². The summed E-state index contributed by atoms with van der Waals surface area (Å²) in [6, 6.07) is 0. The highest BCUT2D eigenvalue weighted by Crippen LogP contribution is 2.17. The number of carbonyl (C=O) groups excluding carboxylic acids is 2. The highest BCUT2D eigenvalue weighted by molar-refractivity contribution is 5.85. The molecule has 0 atom stereocenters. The van der Waals surface area contributed by atoms with Gasteiger partial charge in [0, 0.05) is 26.1 Å². The normalized spacial score (nSPS) is 21.0. The highest BCUT2D eigenvalue weighted by Gasteiger charge is 2.25. The van der Waals surface area contributed by atoms with Gasteiger partial charge in [-0.1, -0.05) is 12.8 Å². The maximum absolute atomic E-state index is 12.4. The number of hydrogen-bond acceptors (Lipinski definition) is 3. The van der Waals surface area contributed by atoms with E-state index in [0.29, 0.717) is 12.3 Å². The smallest absolute Gasteiger partial charge is 0.242 e. The standard InChI is InChI=1S/C16H29N3O2.ClH/c1-17-12-14-7-10-18(11-8-14)16(21)13-19-9-5-3-2-4-6-15(19)20;/h14,17H,2-13H2,1H3;1H. The SMILES string of the molecule is CNCC1CCN(C(=O)CN2CCCCCCC2=O)CC1.Cl. The van der Waals surface area contributed by atoms with Crippen LogP contribution in [0.3, 0.4) is 0 Å². The fourth-order valence-corrected chi connectivity index (χ4v) is 3.32. The Morgan fingerprint density at radius 1 is 1.14 bits per heavy atom. The van der Waals surface area contributed by atoms with Crippen molar-refractivity contribution < 1.29 is 9.59 Å². The summed E-state index contributed by atoms with van der Waals surface area (Å²) in [5.74, 6) is 0.974. The molecule has 2 saturated heterocycles. The molecule has 6 heteroatoms. The lowest BCUT2D eigenvalue weighted by molar-refractivity contribution is -0.141. The van der Waals surface area contributed by atoms with Crippen LogP contribution in [0, 0.1) is 5.92 Å². The molecule has 2 rings (SSSR count). The van der Waals surface area contributed by atoms with Gasteiger partial charge in [0.25, 0.3) is 0 Å². The van der Waals surface area contributed by atoms with Gasteiger partial charge >= 0.3 is 0 Å². The van der Waals surface area contributed by atoms with Crippen LogP contribution in [0.2, 0.25) is 0 Å². The summed E-state index contributed by atoms with van der Waals surface area (Å²) < 4.78 is 0. The zero-order chi connectivity index (χ0) is 15.1. The molecule has 0 aliphatic carbocycles. The molecule has 0 aromatic heterocycles. The van der Waals surface area contributed by atoms with Crippen molar-refractivity contribution in [1.82, 2.24) is 15.1 Å². The minimum Gasteiger partial charge on any atom is -0.341 e. The van der Waals surface area contributed by atoms with Crippen molar-refractivity contribution in [3.8, 4) is 0 Å². The van der Waals surface area contributed by atoms with Gasteiger partial charge in [-0.3, -0.25) is 9.59 Å². The number of nitrogens with one attached hydrogen (secondary N) is 1. The summed E-state index contributed by atoms with van der Waals surface area (Å²) in [5.41, 5.74) is 0. The molecule has 2 fully saturated rings. The molecule has 0 aromatic carbocycles. The molecule has 1 N–H and O–H groups in total. The Hall–Kier alpha value is -0.810. The Balaban J connectivity index is 0.00000242. The zero-order valence-electron chi connectivity index (χ0n) is 13.7. The van der Waals surface area contributed by atoms with Crippen molar-refractivity contribution >= 4 is 24.2 Å². The van der Waals surface area contributed by atoms with Gasteiger partial charge in [-0.15, -0.1) is 12.4 Å². The summed E-state index contributed by atoms with van der Waals surface area (Å²) >= 11 is 0. The molecule has 2 aliphatic heterocycles. The van der Waals surface area contributed by atoms with Crippen LogP contribution in [0.1, 0.15) is 44.9 Å². The van der Waals surface area contributed by atoms with Crippen LogP contribution in [0.25, 0.3) is 0 Å². The molecular formula is C16H30ClN3O2. The molecule has 22 heavy (non-hydrogen) atoms. The van der Waals surface area contributed by atoms with Gasteiger partial charge in [0.05, 0.1) is 6.54 Å². The zero-order valence-corrected chi connectivity index (χ0v) is 14.5. The van der Waals surface area contributed by atoms with E-state index >= 15 is 0 Å². The maximum Gasteiger partial charge on any atom is 0.242 e. The van der Waals surface area contributed by atoms with Crippen LogP contribution >= 0.6 is 12.4 Å². The molecule has 0 aromatic rings. The molecule has 2 heterocycles. The first kappa shape index (κ1) is 19.2. The van der Waals surface area contributed by atoms with Crippen LogP contribution in [0.5, 0.6) is 0 Å². The van der Waals surface area contributed by atoms with E-state index in [-0.39, 0.29) is 30.8 Å². The number of hydrogen-bond donors (Lipinski definition) is 1. The van der Waals surface area contributed by atoms with Crippen LogP contribution in [0.4, 0.5) is 0 Å². The lowest BCUT2D eigenvalue weighted by Gasteiger charge is -2.34. The predicted octanol–water partition coefficient (Wildman–Crippen LogP) is 1.66. The predicted molar refractivity (Wildman–Crippen MR) is 90.1 cm³/mol. The van der Waals surface area contributed by atoms with E-state index in [1.54, 1.807) is 4.90 Å². The summed E-state index contributed by atoms with van der Waals surface area (Å²) in [6.07, 6.45) is 7.07. The van der Waals surface area contributed by atoms with Crippen LogP contribution in [0.15, 0.2) is 0 Å². The first-order valence-corrected chi connectivity index (χ1v) is 8.41. The third-order valence-electron chi connectivity index (χ3n) is 4.71. The molecule has 0 radical (unpaired) electrons. The highest BCUT2D eigenvalue weighted by atomic mass is 35.5. The van der Waals surface area contributed by atoms with Gasteiger partial charge in [0.2, 0.25) is 11.8 Å². The van der Waals surface area contributed by atoms with E-state index in [2.05, 4.69) is 5.32 Å². The Labute approximate surface area is 140 Å². The Morgan fingerprint density at radius 3 is 2.50 bits per heavy atom. The molecule has 0 bridgehead atoms. The minimum atomic E-state index is 0. The Morgan fingerprint density at radius 2 is 1.82 bits per heavy atom. The van der Waals surface area contributed by atoms with Crippen LogP contribution in [-0.2, 0) is 9.59 Å². The maximum atomic E-state index is 12.4.